The predicted molar refractivity (Wildman–Crippen MR) is 144 cm³/mol. The second-order valence-electron chi connectivity index (χ2n) is 9.71. The largest absolute Gasteiger partial charge is 0.497 e. The van der Waals surface area contributed by atoms with Crippen molar-refractivity contribution in [3.8, 4) is 17.1 Å². The summed E-state index contributed by atoms with van der Waals surface area (Å²) in [4.78, 5) is 29.9. The standard InChI is InChI=1S/C29H38FN5O2/c1-4-5-6-8-25-26(33-29(32-25)22-11-12-24(30)21(2)19-22)9-7-10-28(36)35-17-15-34(16-18-35)27-20-23(37-3)13-14-31-27/h11-14,19-20H,4-10,15-18H2,1-3H3,(H,32,33). The second-order valence-corrected chi connectivity index (χ2v) is 9.71. The summed E-state index contributed by atoms with van der Waals surface area (Å²) < 4.78 is 19.1. The summed E-state index contributed by atoms with van der Waals surface area (Å²) in [5.74, 6) is 2.43. The molecule has 2 aromatic heterocycles. The molecule has 0 saturated carbocycles. The van der Waals surface area contributed by atoms with Gasteiger partial charge in [0.25, 0.3) is 0 Å². The van der Waals surface area contributed by atoms with Crippen LogP contribution in [0.1, 0.15) is 56.0 Å². The summed E-state index contributed by atoms with van der Waals surface area (Å²) in [7, 11) is 1.65. The highest BCUT2D eigenvalue weighted by Gasteiger charge is 2.22. The van der Waals surface area contributed by atoms with Crippen LogP contribution in [0.4, 0.5) is 10.2 Å². The number of hydrogen-bond donors (Lipinski definition) is 1. The highest BCUT2D eigenvalue weighted by atomic mass is 19.1. The van der Waals surface area contributed by atoms with E-state index >= 15 is 0 Å². The number of carbonyl (C=O) groups excluding carboxylic acids is 1. The van der Waals surface area contributed by atoms with Crippen molar-refractivity contribution in [3.05, 3.63) is 59.3 Å². The summed E-state index contributed by atoms with van der Waals surface area (Å²) in [5, 5.41) is 0. The average molecular weight is 508 g/mol. The van der Waals surface area contributed by atoms with Crippen LogP contribution in [0, 0.1) is 12.7 Å². The molecule has 7 nitrogen and oxygen atoms in total. The lowest BCUT2D eigenvalue weighted by Crippen LogP contribution is -2.49. The van der Waals surface area contributed by atoms with Crippen molar-refractivity contribution < 1.29 is 13.9 Å². The zero-order valence-corrected chi connectivity index (χ0v) is 22.2. The van der Waals surface area contributed by atoms with Gasteiger partial charge in [-0.05, 0) is 62.4 Å². The summed E-state index contributed by atoms with van der Waals surface area (Å²) in [5.41, 5.74) is 3.66. The Balaban J connectivity index is 1.32. The van der Waals surface area contributed by atoms with E-state index in [0.29, 0.717) is 25.1 Å². The number of ether oxygens (including phenoxy) is 1. The molecule has 0 aliphatic carbocycles. The van der Waals surface area contributed by atoms with Crippen molar-refractivity contribution in [3.63, 3.8) is 0 Å². The number of amides is 1. The lowest BCUT2D eigenvalue weighted by Gasteiger charge is -2.35. The minimum Gasteiger partial charge on any atom is -0.497 e. The fourth-order valence-electron chi connectivity index (χ4n) is 4.79. The number of halogens is 1. The summed E-state index contributed by atoms with van der Waals surface area (Å²) >= 11 is 0. The number of H-pyrrole nitrogens is 1. The molecule has 1 aliphatic rings. The molecule has 0 bridgehead atoms. The Hall–Kier alpha value is -3.42. The van der Waals surface area contributed by atoms with Gasteiger partial charge in [-0.2, -0.15) is 0 Å². The van der Waals surface area contributed by atoms with Crippen LogP contribution in [-0.2, 0) is 17.6 Å². The number of methoxy groups -OCH3 is 1. The van der Waals surface area contributed by atoms with Gasteiger partial charge in [0.15, 0.2) is 0 Å². The summed E-state index contributed by atoms with van der Waals surface area (Å²) in [6, 6.07) is 8.86. The van der Waals surface area contributed by atoms with Gasteiger partial charge in [0, 0.05) is 56.1 Å². The topological polar surface area (TPSA) is 74.4 Å². The van der Waals surface area contributed by atoms with Crippen molar-refractivity contribution in [2.24, 2.45) is 0 Å². The molecule has 1 N–H and O–H groups in total. The minimum absolute atomic E-state index is 0.194. The second kappa shape index (κ2) is 12.7. The molecule has 0 radical (unpaired) electrons. The van der Waals surface area contributed by atoms with Gasteiger partial charge in [0.05, 0.1) is 12.8 Å². The van der Waals surface area contributed by atoms with Crippen molar-refractivity contribution in [1.82, 2.24) is 19.9 Å². The molecule has 1 amide bonds. The van der Waals surface area contributed by atoms with Crippen LogP contribution < -0.4 is 9.64 Å². The number of aryl methyl sites for hydroxylation is 3. The highest BCUT2D eigenvalue weighted by Crippen LogP contribution is 2.24. The first-order valence-corrected chi connectivity index (χ1v) is 13.4. The molecule has 0 atom stereocenters. The molecule has 1 aromatic carbocycles. The predicted octanol–water partition coefficient (Wildman–Crippen LogP) is 5.33. The fraction of sp³-hybridized carbons (Fsp3) is 0.483. The maximum absolute atomic E-state index is 13.8. The Morgan fingerprint density at radius 2 is 1.89 bits per heavy atom. The number of piperazine rings is 1. The van der Waals surface area contributed by atoms with E-state index in [1.807, 2.05) is 23.1 Å². The van der Waals surface area contributed by atoms with Gasteiger partial charge < -0.3 is 19.5 Å². The van der Waals surface area contributed by atoms with Crippen LogP contribution in [0.2, 0.25) is 0 Å². The third-order valence-electron chi connectivity index (χ3n) is 7.04. The molecule has 1 saturated heterocycles. The molecule has 1 fully saturated rings. The van der Waals surface area contributed by atoms with Gasteiger partial charge >= 0.3 is 0 Å². The van der Waals surface area contributed by atoms with E-state index in [2.05, 4.69) is 21.8 Å². The maximum atomic E-state index is 13.8. The monoisotopic (exact) mass is 507 g/mol. The smallest absolute Gasteiger partial charge is 0.222 e. The van der Waals surface area contributed by atoms with Crippen LogP contribution in [0.5, 0.6) is 5.75 Å². The molecule has 0 unspecified atom stereocenters. The van der Waals surface area contributed by atoms with Crippen molar-refractivity contribution in [2.75, 3.05) is 38.2 Å². The van der Waals surface area contributed by atoms with Crippen molar-refractivity contribution in [2.45, 2.75) is 58.8 Å². The Morgan fingerprint density at radius 3 is 2.62 bits per heavy atom. The van der Waals surface area contributed by atoms with Crippen LogP contribution in [-0.4, -0.2) is 59.0 Å². The summed E-state index contributed by atoms with van der Waals surface area (Å²) in [6.07, 6.45) is 8.10. The number of pyridine rings is 1. The lowest BCUT2D eigenvalue weighted by atomic mass is 10.1. The quantitative estimate of drug-likeness (QED) is 0.355. The molecule has 0 spiro atoms. The van der Waals surface area contributed by atoms with E-state index in [9.17, 15) is 9.18 Å². The Labute approximate surface area is 219 Å². The van der Waals surface area contributed by atoms with Gasteiger partial charge in [0.1, 0.15) is 23.2 Å². The average Bonchev–Trinajstić information content (AvgIpc) is 3.33. The number of unbranched alkanes of at least 4 members (excludes halogenated alkanes) is 2. The number of nitrogens with zero attached hydrogens (tertiary/aromatic N) is 4. The number of imidazole rings is 1. The van der Waals surface area contributed by atoms with E-state index in [1.54, 1.807) is 26.3 Å². The van der Waals surface area contributed by atoms with Crippen LogP contribution in [0.3, 0.4) is 0 Å². The highest BCUT2D eigenvalue weighted by molar-refractivity contribution is 5.76. The van der Waals surface area contributed by atoms with Gasteiger partial charge in [-0.15, -0.1) is 0 Å². The third kappa shape index (κ3) is 6.87. The van der Waals surface area contributed by atoms with E-state index in [-0.39, 0.29) is 11.7 Å². The maximum Gasteiger partial charge on any atom is 0.222 e. The normalized spacial score (nSPS) is 13.7. The third-order valence-corrected chi connectivity index (χ3v) is 7.04. The molecule has 198 valence electrons. The molecular weight excluding hydrogens is 469 g/mol. The first kappa shape index (κ1) is 26.6. The number of carbonyl (C=O) groups is 1. The van der Waals surface area contributed by atoms with E-state index < -0.39 is 0 Å². The fourth-order valence-corrected chi connectivity index (χ4v) is 4.79. The van der Waals surface area contributed by atoms with E-state index in [4.69, 9.17) is 9.72 Å². The SMILES string of the molecule is CCCCCc1nc(-c2ccc(F)c(C)c2)[nH]c1CCCC(=O)N1CCN(c2cc(OC)ccn2)CC1. The molecule has 3 heterocycles. The van der Waals surface area contributed by atoms with Crippen molar-refractivity contribution >= 4 is 11.7 Å². The number of aromatic nitrogens is 3. The molecule has 4 rings (SSSR count). The van der Waals surface area contributed by atoms with Crippen molar-refractivity contribution in [1.29, 1.82) is 0 Å². The number of rotatable bonds is 11. The number of aromatic amines is 1. The first-order valence-electron chi connectivity index (χ1n) is 13.4. The molecular formula is C29H38FN5O2. The number of hydrogen-bond acceptors (Lipinski definition) is 5. The Morgan fingerprint density at radius 1 is 1.08 bits per heavy atom. The summed E-state index contributed by atoms with van der Waals surface area (Å²) in [6.45, 7) is 6.86. The molecule has 1 aliphatic heterocycles. The zero-order valence-electron chi connectivity index (χ0n) is 22.2. The Kier molecular flexibility index (Phi) is 9.14. The van der Waals surface area contributed by atoms with Gasteiger partial charge in [-0.25, -0.2) is 14.4 Å². The van der Waals surface area contributed by atoms with Crippen LogP contribution in [0.25, 0.3) is 11.4 Å². The molecule has 37 heavy (non-hydrogen) atoms. The molecule has 8 heteroatoms. The Bertz CT molecular complexity index is 1190. The lowest BCUT2D eigenvalue weighted by molar-refractivity contribution is -0.131. The van der Waals surface area contributed by atoms with Crippen LogP contribution >= 0.6 is 0 Å². The number of anilines is 1. The number of nitrogens with one attached hydrogen (secondary N) is 1. The zero-order chi connectivity index (χ0) is 26.2. The van der Waals surface area contributed by atoms with E-state index in [1.165, 1.54) is 6.07 Å². The van der Waals surface area contributed by atoms with Gasteiger partial charge in [0.2, 0.25) is 5.91 Å². The van der Waals surface area contributed by atoms with Crippen LogP contribution in [0.15, 0.2) is 36.5 Å². The van der Waals surface area contributed by atoms with Gasteiger partial charge in [-0.1, -0.05) is 19.8 Å². The number of benzene rings is 1. The molecule has 3 aromatic rings. The van der Waals surface area contributed by atoms with Gasteiger partial charge in [-0.3, -0.25) is 4.79 Å². The minimum atomic E-state index is -0.210. The first-order chi connectivity index (χ1) is 18.0. The van der Waals surface area contributed by atoms with E-state index in [0.717, 1.165) is 86.0 Å².